The first-order valence-electron chi connectivity index (χ1n) is 35.2. The maximum atomic E-state index is 12.9. The summed E-state index contributed by atoms with van der Waals surface area (Å²) in [6.45, 7) is 6.49. The van der Waals surface area contributed by atoms with Crippen LogP contribution in [-0.4, -0.2) is 37.2 Å². The molecule has 0 spiro atoms. The van der Waals surface area contributed by atoms with Gasteiger partial charge in [0.15, 0.2) is 6.10 Å². The van der Waals surface area contributed by atoms with E-state index >= 15 is 0 Å². The second kappa shape index (κ2) is 69.8. The second-order valence-corrected chi connectivity index (χ2v) is 23.4. The Morgan fingerprint density at radius 3 is 0.756 bits per heavy atom. The number of unbranched alkanes of at least 4 members (excludes halogenated alkanes) is 37. The number of carbonyl (C=O) groups excluding carboxylic acids is 3. The molecule has 0 aromatic heterocycles. The lowest BCUT2D eigenvalue weighted by Gasteiger charge is -2.18. The molecule has 0 fully saturated rings. The van der Waals surface area contributed by atoms with Crippen LogP contribution in [-0.2, 0) is 28.6 Å². The molecule has 1 atom stereocenters. The molecular formula is C76H132O6. The Balaban J connectivity index is 4.17. The smallest absolute Gasteiger partial charge is 0.306 e. The minimum absolute atomic E-state index is 0.0819. The molecule has 82 heavy (non-hydrogen) atoms. The maximum absolute atomic E-state index is 12.9. The van der Waals surface area contributed by atoms with Crippen molar-refractivity contribution in [3.8, 4) is 0 Å². The Morgan fingerprint density at radius 1 is 0.256 bits per heavy atom. The molecule has 0 saturated heterocycles. The quantitative estimate of drug-likeness (QED) is 0.0261. The number of hydrogen-bond donors (Lipinski definition) is 0. The Labute approximate surface area is 508 Å². The zero-order valence-electron chi connectivity index (χ0n) is 54.2. The van der Waals surface area contributed by atoms with Crippen LogP contribution >= 0.6 is 0 Å². The van der Waals surface area contributed by atoms with Crippen LogP contribution in [0.15, 0.2) is 97.2 Å². The maximum Gasteiger partial charge on any atom is 0.306 e. The molecule has 0 radical (unpaired) electrons. The first-order chi connectivity index (χ1) is 40.5. The Morgan fingerprint density at radius 2 is 0.476 bits per heavy atom. The second-order valence-electron chi connectivity index (χ2n) is 23.4. The first kappa shape index (κ1) is 78.3. The van der Waals surface area contributed by atoms with Gasteiger partial charge in [0.05, 0.1) is 0 Å². The standard InChI is InChI=1S/C76H132O6/c1-4-7-10-13-16-19-22-25-27-29-31-32-33-34-35-36-37-38-39-40-41-42-43-44-46-47-49-51-54-57-60-63-66-69-75(78)81-72-73(71-80-74(77)68-65-62-59-56-53-24-21-18-15-12-9-6-3)82-76(79)70-67-64-61-58-55-52-50-48-45-30-28-26-23-20-17-14-11-8-5-2/h7,10,16-21,25-28,31-32,45,48,73H,4-6,8-9,11-15,22-24,29-30,33-44,46-47,49-72H2,1-3H3/b10-7-,19-16-,20-17-,21-18-,27-25-,28-26-,32-31-,48-45-. The van der Waals surface area contributed by atoms with Crippen molar-refractivity contribution in [2.45, 2.75) is 354 Å². The third-order valence-corrected chi connectivity index (χ3v) is 15.3. The van der Waals surface area contributed by atoms with Gasteiger partial charge >= 0.3 is 17.9 Å². The van der Waals surface area contributed by atoms with Gasteiger partial charge in [-0.2, -0.15) is 0 Å². The highest BCUT2D eigenvalue weighted by atomic mass is 16.6. The predicted molar refractivity (Wildman–Crippen MR) is 357 cm³/mol. The monoisotopic (exact) mass is 1140 g/mol. The average molecular weight is 1140 g/mol. The average Bonchev–Trinajstić information content (AvgIpc) is 3.47. The van der Waals surface area contributed by atoms with Crippen molar-refractivity contribution in [2.24, 2.45) is 0 Å². The van der Waals surface area contributed by atoms with Crippen LogP contribution in [0.4, 0.5) is 0 Å². The summed E-state index contributed by atoms with van der Waals surface area (Å²) >= 11 is 0. The van der Waals surface area contributed by atoms with E-state index in [-0.39, 0.29) is 31.1 Å². The van der Waals surface area contributed by atoms with Crippen LogP contribution in [0, 0.1) is 0 Å². The molecule has 1 unspecified atom stereocenters. The van der Waals surface area contributed by atoms with E-state index in [4.69, 9.17) is 14.2 Å². The topological polar surface area (TPSA) is 78.9 Å². The number of ether oxygens (including phenoxy) is 3. The van der Waals surface area contributed by atoms with Crippen LogP contribution in [0.2, 0.25) is 0 Å². The van der Waals surface area contributed by atoms with E-state index in [1.165, 1.54) is 193 Å². The number of rotatable bonds is 64. The van der Waals surface area contributed by atoms with Crippen LogP contribution in [0.1, 0.15) is 348 Å². The molecule has 0 aliphatic heterocycles. The molecule has 472 valence electrons. The van der Waals surface area contributed by atoms with Gasteiger partial charge in [-0.3, -0.25) is 14.4 Å². The lowest BCUT2D eigenvalue weighted by Crippen LogP contribution is -2.30. The van der Waals surface area contributed by atoms with Crippen LogP contribution in [0.3, 0.4) is 0 Å². The summed E-state index contributed by atoms with van der Waals surface area (Å²) in [6, 6.07) is 0. The summed E-state index contributed by atoms with van der Waals surface area (Å²) in [7, 11) is 0. The Kier molecular flexibility index (Phi) is 66.7. The van der Waals surface area contributed by atoms with Crippen LogP contribution < -0.4 is 0 Å². The highest BCUT2D eigenvalue weighted by Crippen LogP contribution is 2.17. The van der Waals surface area contributed by atoms with Gasteiger partial charge in [-0.15, -0.1) is 0 Å². The van der Waals surface area contributed by atoms with Gasteiger partial charge in [-0.25, -0.2) is 0 Å². The van der Waals surface area contributed by atoms with E-state index in [0.29, 0.717) is 19.3 Å². The van der Waals surface area contributed by atoms with Gasteiger partial charge in [0, 0.05) is 19.3 Å². The fourth-order valence-corrected chi connectivity index (χ4v) is 10.0. The highest BCUT2D eigenvalue weighted by molar-refractivity contribution is 5.71. The van der Waals surface area contributed by atoms with Gasteiger partial charge in [-0.05, 0) is 122 Å². The summed E-state index contributed by atoms with van der Waals surface area (Å²) in [5.74, 6) is -0.889. The molecule has 0 heterocycles. The van der Waals surface area contributed by atoms with Crippen molar-refractivity contribution in [1.82, 2.24) is 0 Å². The molecular weight excluding hydrogens is 1010 g/mol. The summed E-state index contributed by atoms with van der Waals surface area (Å²) in [5, 5.41) is 0. The van der Waals surface area contributed by atoms with E-state index < -0.39 is 6.10 Å². The van der Waals surface area contributed by atoms with E-state index in [0.717, 1.165) is 116 Å². The Bertz CT molecular complexity index is 1590. The lowest BCUT2D eigenvalue weighted by molar-refractivity contribution is -0.167. The van der Waals surface area contributed by atoms with Gasteiger partial charge in [-0.1, -0.05) is 304 Å². The molecule has 0 aromatic carbocycles. The number of esters is 3. The summed E-state index contributed by atoms with van der Waals surface area (Å²) in [6.07, 6.45) is 94.4. The van der Waals surface area contributed by atoms with Gasteiger partial charge in [0.2, 0.25) is 0 Å². The van der Waals surface area contributed by atoms with Crippen molar-refractivity contribution in [3.63, 3.8) is 0 Å². The third-order valence-electron chi connectivity index (χ3n) is 15.3. The number of allylic oxidation sites excluding steroid dienone is 16. The summed E-state index contributed by atoms with van der Waals surface area (Å²) < 4.78 is 16.9. The normalized spacial score (nSPS) is 12.7. The predicted octanol–water partition coefficient (Wildman–Crippen LogP) is 24.4. The lowest BCUT2D eigenvalue weighted by atomic mass is 10.0. The number of carbonyl (C=O) groups is 3. The fourth-order valence-electron chi connectivity index (χ4n) is 10.0. The SMILES string of the molecule is CC/C=C\C/C=C\C/C=C\C/C=C\CCCCCCCCCCCCCCCCCCCCCCC(=O)OCC(COC(=O)CCCCCCC/C=C\CCCCC)OC(=O)CCCCCCCC/C=C\C/C=C\C/C=C\CCCCC. The van der Waals surface area contributed by atoms with Crippen molar-refractivity contribution >= 4 is 17.9 Å². The fraction of sp³-hybridized carbons (Fsp3) is 0.750. The largest absolute Gasteiger partial charge is 0.462 e. The minimum atomic E-state index is -0.787. The molecule has 6 heteroatoms. The van der Waals surface area contributed by atoms with E-state index in [2.05, 4.69) is 118 Å². The van der Waals surface area contributed by atoms with Crippen molar-refractivity contribution in [3.05, 3.63) is 97.2 Å². The van der Waals surface area contributed by atoms with Crippen LogP contribution in [0.5, 0.6) is 0 Å². The van der Waals surface area contributed by atoms with E-state index in [1.807, 2.05) is 0 Å². The molecule has 0 aliphatic carbocycles. The van der Waals surface area contributed by atoms with Crippen molar-refractivity contribution in [1.29, 1.82) is 0 Å². The number of hydrogen-bond acceptors (Lipinski definition) is 6. The van der Waals surface area contributed by atoms with Gasteiger partial charge < -0.3 is 14.2 Å². The minimum Gasteiger partial charge on any atom is -0.462 e. The van der Waals surface area contributed by atoms with Crippen LogP contribution in [0.25, 0.3) is 0 Å². The zero-order valence-corrected chi connectivity index (χ0v) is 54.2. The third kappa shape index (κ3) is 67.1. The highest BCUT2D eigenvalue weighted by Gasteiger charge is 2.19. The molecule has 0 amide bonds. The van der Waals surface area contributed by atoms with Gasteiger partial charge in [0.25, 0.3) is 0 Å². The molecule has 0 rings (SSSR count). The Hall–Kier alpha value is -3.67. The van der Waals surface area contributed by atoms with E-state index in [9.17, 15) is 14.4 Å². The molecule has 0 saturated carbocycles. The summed E-state index contributed by atoms with van der Waals surface area (Å²) in [5.41, 5.74) is 0. The molecule has 6 nitrogen and oxygen atoms in total. The first-order valence-corrected chi connectivity index (χ1v) is 35.2. The molecule has 0 aromatic rings. The van der Waals surface area contributed by atoms with Crippen molar-refractivity contribution in [2.75, 3.05) is 13.2 Å². The zero-order chi connectivity index (χ0) is 59.2. The summed E-state index contributed by atoms with van der Waals surface area (Å²) in [4.78, 5) is 38.4. The van der Waals surface area contributed by atoms with E-state index in [1.54, 1.807) is 0 Å². The van der Waals surface area contributed by atoms with Crippen molar-refractivity contribution < 1.29 is 28.6 Å². The van der Waals surface area contributed by atoms with Gasteiger partial charge in [0.1, 0.15) is 13.2 Å². The molecule has 0 bridgehead atoms. The molecule has 0 aliphatic rings. The molecule has 0 N–H and O–H groups in total.